The number of rotatable bonds is 4. The van der Waals surface area contributed by atoms with Crippen molar-refractivity contribution in [3.05, 3.63) is 198 Å². The average Bonchev–Trinajstić information content (AvgIpc) is 1.48. The van der Waals surface area contributed by atoms with Crippen LogP contribution in [-0.4, -0.2) is 9.13 Å². The highest BCUT2D eigenvalue weighted by Crippen LogP contribution is 2.54. The largest absolute Gasteiger partial charge is 0.318 e. The van der Waals surface area contributed by atoms with E-state index >= 15 is 0 Å². The SMILES string of the molecule is [2H]c1c([2H])c([2H])c(-c2c(C#N)c(-n3c4c5sc6c([2H])c([2H])c([2H])c([2H])c6c5c([2H])c([2H])c4c4c([2H])c([2H])c5c(sc6c([2H])c([2H])c([2H])c([2H])c65)c43)c(-c3c([2H])c([2H])c([2H])c([2H])c3[2H])c(-n3c4c([2H])c([2H])c([2H])c([2H])c4c4c([2H])c([2H])c([2H])c([2H])c43)c2[N+]#[C-])c([2H])c1[2H]. The molecular formula is C56H30N4S2. The zero-order valence-electron chi connectivity index (χ0n) is 60.6. The van der Waals surface area contributed by atoms with E-state index in [1.54, 1.807) is 0 Å². The van der Waals surface area contributed by atoms with E-state index in [4.69, 9.17) is 16.4 Å². The number of fused-ring (bicyclic) bond motifs is 14. The molecule has 4 heterocycles. The molecule has 4 nitrogen and oxygen atoms in total. The minimum atomic E-state index is -1.20. The van der Waals surface area contributed by atoms with Crippen LogP contribution in [0.15, 0.2) is 181 Å². The van der Waals surface area contributed by atoms with E-state index in [2.05, 4.69) is 4.85 Å². The van der Waals surface area contributed by atoms with Gasteiger partial charge < -0.3 is 9.13 Å². The van der Waals surface area contributed by atoms with Crippen LogP contribution in [0.2, 0.25) is 0 Å². The predicted molar refractivity (Wildman–Crippen MR) is 263 cm³/mol. The maximum Gasteiger partial charge on any atom is 0.220 e. The van der Waals surface area contributed by atoms with E-state index in [0.29, 0.717) is 27.2 Å². The van der Waals surface area contributed by atoms with Crippen molar-refractivity contribution >= 4 is 112 Å². The molecule has 9 aromatic carbocycles. The summed E-state index contributed by atoms with van der Waals surface area (Å²) in [4.78, 5) is 3.84. The first-order chi connectivity index (χ1) is 43.2. The van der Waals surface area contributed by atoms with Gasteiger partial charge in [-0.3, -0.25) is 0 Å². The van der Waals surface area contributed by atoms with E-state index in [9.17, 15) is 36.5 Å². The molecule has 0 aliphatic heterocycles. The monoisotopic (exact) mass is 852 g/mol. The number of hydrogen-bond donors (Lipinski definition) is 0. The summed E-state index contributed by atoms with van der Waals surface area (Å²) >= 11 is 1.11. The van der Waals surface area contributed by atoms with Crippen LogP contribution in [0.25, 0.3) is 122 Å². The van der Waals surface area contributed by atoms with Crippen LogP contribution < -0.4 is 0 Å². The summed E-state index contributed by atoms with van der Waals surface area (Å²) in [6.45, 7) is 9.31. The summed E-state index contributed by atoms with van der Waals surface area (Å²) in [6.07, 6.45) is 0. The lowest BCUT2D eigenvalue weighted by Crippen LogP contribution is -2.09. The fraction of sp³-hybridized carbons (Fsp3) is 0. The molecule has 6 heteroatoms. The molecular weight excluding hydrogens is 793 g/mol. The Morgan fingerprint density at radius 2 is 0.887 bits per heavy atom. The van der Waals surface area contributed by atoms with Crippen LogP contribution in [0, 0.1) is 17.9 Å². The first kappa shape index (κ1) is 16.5. The highest BCUT2D eigenvalue weighted by molar-refractivity contribution is 7.27. The number of aromatic nitrogens is 2. The Morgan fingerprint density at radius 3 is 1.39 bits per heavy atom. The van der Waals surface area contributed by atoms with Crippen LogP contribution in [0.4, 0.5) is 5.69 Å². The van der Waals surface area contributed by atoms with Gasteiger partial charge >= 0.3 is 0 Å². The van der Waals surface area contributed by atoms with Gasteiger partial charge in [-0.05, 0) is 35.3 Å². The highest BCUT2D eigenvalue weighted by atomic mass is 32.1. The first-order valence-electron chi connectivity index (χ1n) is 33.1. The summed E-state index contributed by atoms with van der Waals surface area (Å²) in [5.74, 6) is 0. The van der Waals surface area contributed by atoms with Crippen molar-refractivity contribution in [2.75, 3.05) is 0 Å². The van der Waals surface area contributed by atoms with E-state index in [0.717, 1.165) is 4.57 Å². The van der Waals surface area contributed by atoms with Crippen LogP contribution in [0.5, 0.6) is 0 Å². The van der Waals surface area contributed by atoms with Crippen molar-refractivity contribution in [3.8, 4) is 39.7 Å². The quantitative estimate of drug-likeness (QED) is 0.163. The molecule has 0 bridgehead atoms. The standard InChI is InChI=1S/C56H30N4S2/c1-58-50-48(33-16-4-2-5-17-33)43(32-57)51(49(34-18-6-3-7-19-34)54(50)59-44-24-12-8-20-35(44)36-21-9-13-25-45(36)59)60-52-39(28-30-41-37-22-10-14-26-46(37)61-55(41)52)40-29-31-42-38-23-11-15-27-47(38)62-56(42)53(40)60/h2-31H/i2D,3D,4D,5D,6D,7D,8D,9D,10D,11D,12D,13D,14D,15D,16D,17D,18D,19D,20D,21D,22D,23D,24D,25D,26D,27D,28D,29D,30D,31D. The molecule has 0 radical (unpaired) electrons. The lowest BCUT2D eigenvalue weighted by atomic mass is 9.88. The molecule has 0 N–H and O–H groups in total. The van der Waals surface area contributed by atoms with Crippen LogP contribution in [0.3, 0.4) is 0 Å². The Kier molecular flexibility index (Phi) is 3.52. The van der Waals surface area contributed by atoms with Crippen molar-refractivity contribution in [2.24, 2.45) is 0 Å². The minimum Gasteiger partial charge on any atom is -0.318 e. The Balaban J connectivity index is 1.53. The molecule has 0 spiro atoms. The van der Waals surface area contributed by atoms with Crippen LogP contribution in [0.1, 0.15) is 46.7 Å². The molecule has 0 unspecified atom stereocenters. The smallest absolute Gasteiger partial charge is 0.220 e. The van der Waals surface area contributed by atoms with Gasteiger partial charge in [0.25, 0.3) is 0 Å². The van der Waals surface area contributed by atoms with E-state index in [-0.39, 0.29) is 29.6 Å². The molecule has 0 saturated carbocycles. The Morgan fingerprint density at radius 1 is 0.452 bits per heavy atom. The number of thiophene rings is 2. The third-order valence-electron chi connectivity index (χ3n) is 10.5. The van der Waals surface area contributed by atoms with Crippen LogP contribution in [-0.2, 0) is 0 Å². The summed E-state index contributed by atoms with van der Waals surface area (Å²) in [7, 11) is 0. The molecule has 286 valence electrons. The molecule has 13 aromatic rings. The molecule has 0 amide bonds. The predicted octanol–water partition coefficient (Wildman–Crippen LogP) is 16.4. The van der Waals surface area contributed by atoms with Gasteiger partial charge in [-0.15, -0.1) is 22.7 Å². The summed E-state index contributed by atoms with van der Waals surface area (Å²) in [5, 5.41) is 8.42. The van der Waals surface area contributed by atoms with Gasteiger partial charge in [-0.2, -0.15) is 5.26 Å². The molecule has 13 rings (SSSR count). The highest BCUT2D eigenvalue weighted by Gasteiger charge is 2.32. The Labute approximate surface area is 405 Å². The second kappa shape index (κ2) is 13.3. The molecule has 0 fully saturated rings. The van der Waals surface area contributed by atoms with Gasteiger partial charge in [0.1, 0.15) is 6.07 Å². The van der Waals surface area contributed by atoms with Crippen molar-refractivity contribution in [2.45, 2.75) is 0 Å². The third-order valence-corrected chi connectivity index (χ3v) is 12.7. The number of para-hydroxylation sites is 2. The topological polar surface area (TPSA) is 38.0 Å². The van der Waals surface area contributed by atoms with Gasteiger partial charge in [0.15, 0.2) is 0 Å². The van der Waals surface area contributed by atoms with Crippen molar-refractivity contribution in [1.29, 1.82) is 5.26 Å². The molecule has 0 saturated heterocycles. The van der Waals surface area contributed by atoms with E-state index in [1.165, 1.54) is 0 Å². The van der Waals surface area contributed by atoms with Crippen molar-refractivity contribution < 1.29 is 41.1 Å². The zero-order chi connectivity index (χ0) is 67.2. The molecule has 4 aromatic heterocycles. The van der Waals surface area contributed by atoms with Gasteiger partial charge in [0.05, 0.1) is 96.1 Å². The third kappa shape index (κ3) is 4.68. The van der Waals surface area contributed by atoms with Gasteiger partial charge in [-0.25, -0.2) is 4.85 Å². The minimum absolute atomic E-state index is 0.269. The van der Waals surface area contributed by atoms with Crippen molar-refractivity contribution in [1.82, 2.24) is 9.13 Å². The number of nitriles is 1. The molecule has 0 aliphatic rings. The molecule has 0 atom stereocenters. The second-order valence-electron chi connectivity index (χ2n) is 13.5. The summed E-state index contributed by atoms with van der Waals surface area (Å²) in [6, 6.07) is -26.7. The van der Waals surface area contributed by atoms with Gasteiger partial charge in [0.2, 0.25) is 5.69 Å². The average molecular weight is 853 g/mol. The zero-order valence-corrected chi connectivity index (χ0v) is 32.2. The maximum absolute atomic E-state index is 12.4. The number of hydrogen-bond acceptors (Lipinski definition) is 3. The molecule has 0 aliphatic carbocycles. The Hall–Kier alpha value is -8.00. The van der Waals surface area contributed by atoms with Crippen molar-refractivity contribution in [3.63, 3.8) is 0 Å². The van der Waals surface area contributed by atoms with Crippen LogP contribution >= 0.6 is 22.7 Å². The second-order valence-corrected chi connectivity index (χ2v) is 15.5. The van der Waals surface area contributed by atoms with E-state index < -0.39 is 281 Å². The van der Waals surface area contributed by atoms with E-state index in [1.807, 2.05) is 6.07 Å². The molecule has 62 heavy (non-hydrogen) atoms. The lowest BCUT2D eigenvalue weighted by molar-refractivity contribution is 1.14. The summed E-state index contributed by atoms with van der Waals surface area (Å²) < 4.78 is 279. The number of benzene rings is 9. The normalized spacial score (nSPS) is 18.6. The van der Waals surface area contributed by atoms with Gasteiger partial charge in [-0.1, -0.05) is 157 Å². The Bertz CT molecular complexity index is 5630. The fourth-order valence-corrected chi connectivity index (χ4v) is 10.4. The fourth-order valence-electron chi connectivity index (χ4n) is 8.18. The summed E-state index contributed by atoms with van der Waals surface area (Å²) in [5.41, 5.74) is -11.0. The number of nitrogens with zero attached hydrogens (tertiary/aromatic N) is 4. The maximum atomic E-state index is 12.4. The van der Waals surface area contributed by atoms with Gasteiger partial charge in [0, 0.05) is 63.6 Å². The lowest BCUT2D eigenvalue weighted by Gasteiger charge is -2.26. The first-order valence-corrected chi connectivity index (χ1v) is 19.7.